The lowest BCUT2D eigenvalue weighted by atomic mass is 10.2. The number of furan rings is 1. The van der Waals surface area contributed by atoms with Gasteiger partial charge in [-0.25, -0.2) is 9.78 Å². The van der Waals surface area contributed by atoms with Crippen LogP contribution in [0.2, 0.25) is 5.15 Å². The molecule has 3 rings (SSSR count). The third-order valence-electron chi connectivity index (χ3n) is 2.55. The number of nitrogens with zero attached hydrogens (tertiary/aromatic N) is 3. The quantitative estimate of drug-likeness (QED) is 0.662. The average molecular weight is 262 g/mol. The van der Waals surface area contributed by atoms with Gasteiger partial charge < -0.3 is 4.42 Å². The number of hydrogen-bond acceptors (Lipinski definition) is 4. The largest absolute Gasteiger partial charge is 0.421 e. The fourth-order valence-corrected chi connectivity index (χ4v) is 1.85. The van der Waals surface area contributed by atoms with Gasteiger partial charge in [0.2, 0.25) is 0 Å². The van der Waals surface area contributed by atoms with Crippen LogP contribution in [0.25, 0.3) is 11.5 Å². The topological polar surface area (TPSA) is 60.9 Å². The highest BCUT2D eigenvalue weighted by Gasteiger charge is 2.12. The Balaban J connectivity index is 2.00. The van der Waals surface area contributed by atoms with Gasteiger partial charge in [-0.1, -0.05) is 17.7 Å². The van der Waals surface area contributed by atoms with Crippen LogP contribution in [0.5, 0.6) is 0 Å². The summed E-state index contributed by atoms with van der Waals surface area (Å²) >= 11 is 5.72. The fraction of sp³-hybridized carbons (Fsp3) is 0.0833. The first-order valence-corrected chi connectivity index (χ1v) is 5.66. The van der Waals surface area contributed by atoms with Crippen LogP contribution in [0.15, 0.2) is 45.9 Å². The van der Waals surface area contributed by atoms with Gasteiger partial charge in [-0.2, -0.15) is 5.10 Å². The van der Waals surface area contributed by atoms with Crippen LogP contribution in [-0.2, 0) is 6.54 Å². The Labute approximate surface area is 107 Å². The maximum Gasteiger partial charge on any atom is 0.338 e. The molecule has 0 radical (unpaired) electrons. The molecule has 0 spiro atoms. The number of hydrogen-bond donors (Lipinski definition) is 0. The molecule has 0 atom stereocenters. The monoisotopic (exact) mass is 261 g/mol. The maximum absolute atomic E-state index is 11.2. The number of pyridine rings is 1. The van der Waals surface area contributed by atoms with Gasteiger partial charge in [0.25, 0.3) is 0 Å². The minimum atomic E-state index is -0.374. The summed E-state index contributed by atoms with van der Waals surface area (Å²) in [5, 5.41) is 4.64. The summed E-state index contributed by atoms with van der Waals surface area (Å²) in [4.78, 5) is 15.2. The normalized spacial score (nSPS) is 10.9. The lowest BCUT2D eigenvalue weighted by Gasteiger charge is -2.08. The van der Waals surface area contributed by atoms with E-state index in [0.29, 0.717) is 23.2 Å². The first-order valence-electron chi connectivity index (χ1n) is 5.28. The van der Waals surface area contributed by atoms with Crippen molar-refractivity contribution < 1.29 is 4.42 Å². The zero-order chi connectivity index (χ0) is 12.5. The average Bonchev–Trinajstić information content (AvgIpc) is 2.73. The molecular formula is C12H8ClN3O2. The van der Waals surface area contributed by atoms with Crippen molar-refractivity contribution in [3.8, 4) is 11.5 Å². The van der Waals surface area contributed by atoms with E-state index in [1.807, 2.05) is 6.07 Å². The molecular weight excluding hydrogens is 254 g/mol. The van der Waals surface area contributed by atoms with E-state index in [0.717, 1.165) is 5.56 Å². The summed E-state index contributed by atoms with van der Waals surface area (Å²) in [5.41, 5.74) is 1.23. The number of fused-ring (bicyclic) bond motifs is 1. The van der Waals surface area contributed by atoms with Crippen molar-refractivity contribution in [2.24, 2.45) is 0 Å². The van der Waals surface area contributed by atoms with Crippen LogP contribution in [0.1, 0.15) is 5.56 Å². The molecule has 0 saturated heterocycles. The lowest BCUT2D eigenvalue weighted by molar-refractivity contribution is 0.535. The standard InChI is InChI=1S/C12H8ClN3O2/c13-11-2-1-8(6-14-11)7-16-9-5-12(17)18-10(9)3-4-15-16/h1-6H,7H2. The Bertz CT molecular complexity index is 702. The molecule has 0 aromatic carbocycles. The van der Waals surface area contributed by atoms with Gasteiger partial charge in [0.05, 0.1) is 18.8 Å². The van der Waals surface area contributed by atoms with Gasteiger partial charge in [0.1, 0.15) is 10.8 Å². The first kappa shape index (κ1) is 11.0. The molecule has 2 aliphatic heterocycles. The molecule has 1 aromatic heterocycles. The van der Waals surface area contributed by atoms with Crippen molar-refractivity contribution in [3.05, 3.63) is 57.8 Å². The van der Waals surface area contributed by atoms with Crippen molar-refractivity contribution in [1.82, 2.24) is 14.8 Å². The molecule has 0 aliphatic carbocycles. The van der Waals surface area contributed by atoms with Gasteiger partial charge in [0, 0.05) is 12.3 Å². The summed E-state index contributed by atoms with van der Waals surface area (Å²) in [6.45, 7) is 0.500. The first-order chi connectivity index (χ1) is 8.72. The Morgan fingerprint density at radius 3 is 3.00 bits per heavy atom. The van der Waals surface area contributed by atoms with Gasteiger partial charge in [-0.15, -0.1) is 0 Å². The summed E-state index contributed by atoms with van der Waals surface area (Å²) in [6, 6.07) is 6.66. The third-order valence-corrected chi connectivity index (χ3v) is 2.77. The van der Waals surface area contributed by atoms with Crippen LogP contribution in [0.3, 0.4) is 0 Å². The summed E-state index contributed by atoms with van der Waals surface area (Å²) < 4.78 is 6.70. The molecule has 3 heterocycles. The number of rotatable bonds is 2. The van der Waals surface area contributed by atoms with Crippen LogP contribution >= 0.6 is 11.6 Å². The van der Waals surface area contributed by atoms with E-state index in [9.17, 15) is 4.79 Å². The van der Waals surface area contributed by atoms with E-state index < -0.39 is 0 Å². The summed E-state index contributed by atoms with van der Waals surface area (Å²) in [7, 11) is 0. The van der Waals surface area contributed by atoms with Crippen LogP contribution < -0.4 is 5.63 Å². The molecule has 0 N–H and O–H groups in total. The highest BCUT2D eigenvalue weighted by atomic mass is 35.5. The molecule has 0 saturated carbocycles. The molecule has 0 unspecified atom stereocenters. The molecule has 2 aliphatic rings. The van der Waals surface area contributed by atoms with Crippen molar-refractivity contribution in [2.75, 3.05) is 0 Å². The van der Waals surface area contributed by atoms with Crippen LogP contribution in [-0.4, -0.2) is 14.8 Å². The lowest BCUT2D eigenvalue weighted by Crippen LogP contribution is -2.07. The van der Waals surface area contributed by atoms with E-state index >= 15 is 0 Å². The summed E-state index contributed by atoms with van der Waals surface area (Å²) in [5.74, 6) is 0.525. The Morgan fingerprint density at radius 1 is 1.33 bits per heavy atom. The van der Waals surface area contributed by atoms with Crippen molar-refractivity contribution in [1.29, 1.82) is 0 Å². The Kier molecular flexibility index (Phi) is 2.60. The second kappa shape index (κ2) is 4.27. The molecule has 0 fully saturated rings. The molecule has 1 aromatic rings. The fourth-order valence-electron chi connectivity index (χ4n) is 1.74. The predicted molar refractivity (Wildman–Crippen MR) is 65.7 cm³/mol. The van der Waals surface area contributed by atoms with Crippen LogP contribution in [0.4, 0.5) is 0 Å². The van der Waals surface area contributed by atoms with Gasteiger partial charge in [-0.05, 0) is 11.6 Å². The molecule has 90 valence electrons. The minimum Gasteiger partial charge on any atom is -0.421 e. The highest BCUT2D eigenvalue weighted by Crippen LogP contribution is 2.19. The molecule has 0 bridgehead atoms. The van der Waals surface area contributed by atoms with Gasteiger partial charge in [-0.3, -0.25) is 4.68 Å². The smallest absolute Gasteiger partial charge is 0.338 e. The zero-order valence-electron chi connectivity index (χ0n) is 9.21. The molecule has 5 nitrogen and oxygen atoms in total. The van der Waals surface area contributed by atoms with Crippen molar-refractivity contribution >= 4 is 11.6 Å². The van der Waals surface area contributed by atoms with E-state index in [-0.39, 0.29) is 5.63 Å². The maximum atomic E-state index is 11.2. The van der Waals surface area contributed by atoms with Gasteiger partial charge in [0.15, 0.2) is 5.76 Å². The second-order valence-corrected chi connectivity index (χ2v) is 4.18. The van der Waals surface area contributed by atoms with E-state index in [4.69, 9.17) is 16.0 Å². The van der Waals surface area contributed by atoms with Crippen LogP contribution in [0, 0.1) is 0 Å². The third kappa shape index (κ3) is 2.00. The summed E-state index contributed by atoms with van der Waals surface area (Å²) in [6.07, 6.45) is 3.27. The van der Waals surface area contributed by atoms with E-state index in [1.165, 1.54) is 6.07 Å². The van der Waals surface area contributed by atoms with Gasteiger partial charge >= 0.3 is 5.63 Å². The number of aromatic nitrogens is 3. The highest BCUT2D eigenvalue weighted by molar-refractivity contribution is 6.29. The number of halogens is 1. The minimum absolute atomic E-state index is 0.374. The Morgan fingerprint density at radius 2 is 2.22 bits per heavy atom. The molecule has 0 amide bonds. The van der Waals surface area contributed by atoms with E-state index in [1.54, 1.807) is 29.2 Å². The second-order valence-electron chi connectivity index (χ2n) is 3.79. The van der Waals surface area contributed by atoms with E-state index in [2.05, 4.69) is 10.1 Å². The van der Waals surface area contributed by atoms with Crippen molar-refractivity contribution in [2.45, 2.75) is 6.54 Å². The molecule has 6 heteroatoms. The SMILES string of the molecule is O=c1cc2n(Cc3ccc(Cl)nc3)nccc-2o1. The Hall–Kier alpha value is -2.14. The predicted octanol–water partition coefficient (Wildman–Crippen LogP) is 2.04. The molecule has 18 heavy (non-hydrogen) atoms. The zero-order valence-corrected chi connectivity index (χ0v) is 9.96. The van der Waals surface area contributed by atoms with Crippen molar-refractivity contribution in [3.63, 3.8) is 0 Å².